The highest BCUT2D eigenvalue weighted by Gasteiger charge is 2.42. The first kappa shape index (κ1) is 18.1. The summed E-state index contributed by atoms with van der Waals surface area (Å²) in [7, 11) is -3.78. The molecule has 1 aliphatic rings. The maximum atomic E-state index is 12.9. The van der Waals surface area contributed by atoms with E-state index in [1.807, 2.05) is 0 Å². The molecule has 9 heteroatoms. The molecule has 0 spiro atoms. The summed E-state index contributed by atoms with van der Waals surface area (Å²) in [6.07, 6.45) is -1.22. The highest BCUT2D eigenvalue weighted by molar-refractivity contribution is 7.89. The van der Waals surface area contributed by atoms with Gasteiger partial charge in [-0.05, 0) is 19.1 Å². The Morgan fingerprint density at radius 3 is 2.44 bits per heavy atom. The predicted molar refractivity (Wildman–Crippen MR) is 87.6 cm³/mol. The van der Waals surface area contributed by atoms with E-state index in [1.165, 1.54) is 21.5 Å². The molecule has 0 amide bonds. The number of benzene rings is 1. The summed E-state index contributed by atoms with van der Waals surface area (Å²) >= 11 is 0. The van der Waals surface area contributed by atoms with E-state index in [0.717, 1.165) is 6.92 Å². The average Bonchev–Trinajstić information content (AvgIpc) is 2.60. The highest BCUT2D eigenvalue weighted by atomic mass is 32.2. The molecule has 0 aliphatic carbocycles. The zero-order valence-electron chi connectivity index (χ0n) is 13.6. The van der Waals surface area contributed by atoms with E-state index in [1.54, 1.807) is 24.4 Å². The van der Waals surface area contributed by atoms with Gasteiger partial charge >= 0.3 is 6.18 Å². The maximum Gasteiger partial charge on any atom is 0.403 e. The molecule has 1 unspecified atom stereocenters. The molecule has 1 fully saturated rings. The predicted octanol–water partition coefficient (Wildman–Crippen LogP) is 2.49. The summed E-state index contributed by atoms with van der Waals surface area (Å²) in [5, 5.41) is 1.26. The maximum absolute atomic E-state index is 12.9. The van der Waals surface area contributed by atoms with Crippen molar-refractivity contribution < 1.29 is 21.6 Å². The van der Waals surface area contributed by atoms with Crippen LogP contribution in [-0.4, -0.2) is 61.0 Å². The van der Waals surface area contributed by atoms with Crippen LogP contribution in [0.5, 0.6) is 0 Å². The Labute approximate surface area is 144 Å². The van der Waals surface area contributed by atoms with E-state index in [2.05, 4.69) is 4.98 Å². The SMILES string of the molecule is CC(N1CCN(S(=O)(=O)c2cccc3cnccc23)CC1)C(F)(F)F. The summed E-state index contributed by atoms with van der Waals surface area (Å²) in [6, 6.07) is 4.97. The molecule has 2 heterocycles. The first-order valence-electron chi connectivity index (χ1n) is 7.85. The van der Waals surface area contributed by atoms with Crippen LogP contribution in [0.25, 0.3) is 10.8 Å². The summed E-state index contributed by atoms with van der Waals surface area (Å²) in [6.45, 7) is 1.26. The van der Waals surface area contributed by atoms with Crippen LogP contribution < -0.4 is 0 Å². The Hall–Kier alpha value is -1.71. The fourth-order valence-corrected chi connectivity index (χ4v) is 4.63. The standard InChI is InChI=1S/C16H18F3N3O2S/c1-12(16(17,18)19)21-7-9-22(10-8-21)25(23,24)15-4-2-3-13-11-20-6-5-14(13)15/h2-6,11-12H,7-10H2,1H3. The third-order valence-electron chi connectivity index (χ3n) is 4.55. The van der Waals surface area contributed by atoms with Crippen LogP contribution in [0.2, 0.25) is 0 Å². The van der Waals surface area contributed by atoms with E-state index in [-0.39, 0.29) is 31.1 Å². The number of halogens is 3. The molecular formula is C16H18F3N3O2S. The van der Waals surface area contributed by atoms with Gasteiger partial charge in [0.15, 0.2) is 0 Å². The molecule has 1 aromatic carbocycles. The average molecular weight is 373 g/mol. The molecule has 1 atom stereocenters. The summed E-state index contributed by atoms with van der Waals surface area (Å²) in [5.41, 5.74) is 0. The molecule has 5 nitrogen and oxygen atoms in total. The van der Waals surface area contributed by atoms with Gasteiger partial charge in [0, 0.05) is 49.3 Å². The fraction of sp³-hybridized carbons (Fsp3) is 0.438. The van der Waals surface area contributed by atoms with Crippen molar-refractivity contribution in [1.82, 2.24) is 14.2 Å². The van der Waals surface area contributed by atoms with Gasteiger partial charge in [-0.15, -0.1) is 0 Å². The van der Waals surface area contributed by atoms with Crippen molar-refractivity contribution in [3.8, 4) is 0 Å². The lowest BCUT2D eigenvalue weighted by molar-refractivity contribution is -0.181. The second-order valence-electron chi connectivity index (χ2n) is 6.01. The van der Waals surface area contributed by atoms with E-state index >= 15 is 0 Å². The Balaban J connectivity index is 1.83. The lowest BCUT2D eigenvalue weighted by Crippen LogP contribution is -2.54. The third kappa shape index (κ3) is 3.49. The summed E-state index contributed by atoms with van der Waals surface area (Å²) in [4.78, 5) is 5.40. The number of rotatable bonds is 3. The Kier molecular flexibility index (Phi) is 4.74. The molecule has 3 rings (SSSR count). The van der Waals surface area contributed by atoms with Crippen molar-refractivity contribution in [3.63, 3.8) is 0 Å². The second kappa shape index (κ2) is 6.54. The van der Waals surface area contributed by atoms with Crippen LogP contribution in [0.4, 0.5) is 13.2 Å². The number of nitrogens with zero attached hydrogens (tertiary/aromatic N) is 3. The minimum Gasteiger partial charge on any atom is -0.290 e. The minimum atomic E-state index is -4.32. The van der Waals surface area contributed by atoms with Gasteiger partial charge in [0.2, 0.25) is 10.0 Å². The monoisotopic (exact) mass is 373 g/mol. The zero-order chi connectivity index (χ0) is 18.2. The normalized spacial score (nSPS) is 19.2. The third-order valence-corrected chi connectivity index (χ3v) is 6.51. The van der Waals surface area contributed by atoms with Crippen LogP contribution in [0, 0.1) is 0 Å². The molecule has 136 valence electrons. The number of aromatic nitrogens is 1. The number of hydrogen-bond donors (Lipinski definition) is 0. The lowest BCUT2D eigenvalue weighted by Gasteiger charge is -2.38. The Bertz CT molecular complexity index is 857. The lowest BCUT2D eigenvalue weighted by atomic mass is 10.2. The van der Waals surface area contributed by atoms with Crippen LogP contribution in [-0.2, 0) is 10.0 Å². The molecule has 0 radical (unpaired) electrons. The van der Waals surface area contributed by atoms with Crippen molar-refractivity contribution in [1.29, 1.82) is 0 Å². The van der Waals surface area contributed by atoms with Gasteiger partial charge in [-0.25, -0.2) is 8.42 Å². The molecule has 25 heavy (non-hydrogen) atoms. The number of alkyl halides is 3. The van der Waals surface area contributed by atoms with Crippen molar-refractivity contribution in [2.75, 3.05) is 26.2 Å². The van der Waals surface area contributed by atoms with E-state index < -0.39 is 22.2 Å². The Morgan fingerprint density at radius 1 is 1.12 bits per heavy atom. The first-order chi connectivity index (χ1) is 11.7. The minimum absolute atomic E-state index is 0.0320. The van der Waals surface area contributed by atoms with Gasteiger partial charge in [-0.1, -0.05) is 12.1 Å². The van der Waals surface area contributed by atoms with Crippen LogP contribution >= 0.6 is 0 Å². The molecule has 1 aliphatic heterocycles. The van der Waals surface area contributed by atoms with Crippen LogP contribution in [0.1, 0.15) is 6.92 Å². The number of pyridine rings is 1. The Morgan fingerprint density at radius 2 is 1.80 bits per heavy atom. The van der Waals surface area contributed by atoms with Gasteiger partial charge < -0.3 is 0 Å². The summed E-state index contributed by atoms with van der Waals surface area (Å²) < 4.78 is 65.6. The molecule has 0 N–H and O–H groups in total. The number of sulfonamides is 1. The van der Waals surface area contributed by atoms with E-state index in [9.17, 15) is 21.6 Å². The van der Waals surface area contributed by atoms with Crippen molar-refractivity contribution in [2.24, 2.45) is 0 Å². The second-order valence-corrected chi connectivity index (χ2v) is 7.92. The van der Waals surface area contributed by atoms with E-state index in [4.69, 9.17) is 0 Å². The molecule has 1 saturated heterocycles. The first-order valence-corrected chi connectivity index (χ1v) is 9.29. The largest absolute Gasteiger partial charge is 0.403 e. The van der Waals surface area contributed by atoms with Crippen molar-refractivity contribution in [2.45, 2.75) is 24.0 Å². The molecular weight excluding hydrogens is 355 g/mol. The zero-order valence-corrected chi connectivity index (χ0v) is 14.4. The van der Waals surface area contributed by atoms with Crippen LogP contribution in [0.3, 0.4) is 0 Å². The van der Waals surface area contributed by atoms with Crippen molar-refractivity contribution in [3.05, 3.63) is 36.7 Å². The molecule has 2 aromatic rings. The number of piperazine rings is 1. The van der Waals surface area contributed by atoms with Gasteiger partial charge in [0.25, 0.3) is 0 Å². The van der Waals surface area contributed by atoms with Crippen molar-refractivity contribution >= 4 is 20.8 Å². The molecule has 0 saturated carbocycles. The van der Waals surface area contributed by atoms with E-state index in [0.29, 0.717) is 10.8 Å². The van der Waals surface area contributed by atoms with Gasteiger partial charge in [-0.2, -0.15) is 17.5 Å². The van der Waals surface area contributed by atoms with Gasteiger partial charge in [0.05, 0.1) is 4.90 Å². The quantitative estimate of drug-likeness (QED) is 0.830. The van der Waals surface area contributed by atoms with Gasteiger partial charge in [-0.3, -0.25) is 9.88 Å². The molecule has 0 bridgehead atoms. The number of hydrogen-bond acceptors (Lipinski definition) is 4. The van der Waals surface area contributed by atoms with Gasteiger partial charge in [0.1, 0.15) is 6.04 Å². The topological polar surface area (TPSA) is 53.5 Å². The summed E-state index contributed by atoms with van der Waals surface area (Å²) in [5.74, 6) is 0. The number of fused-ring (bicyclic) bond motifs is 1. The fourth-order valence-electron chi connectivity index (χ4n) is 3.00. The highest BCUT2D eigenvalue weighted by Crippen LogP contribution is 2.28. The smallest absolute Gasteiger partial charge is 0.290 e. The van der Waals surface area contributed by atoms with Crippen LogP contribution in [0.15, 0.2) is 41.6 Å². The molecule has 1 aromatic heterocycles.